The summed E-state index contributed by atoms with van der Waals surface area (Å²) >= 11 is 0. The molecular formula is C22H24FN3O2S. The van der Waals surface area contributed by atoms with Gasteiger partial charge in [-0.3, -0.25) is 4.99 Å². The van der Waals surface area contributed by atoms with Gasteiger partial charge in [-0.2, -0.15) is 0 Å². The standard InChI is InChI=1S/C22H24FN3O2S/c1-24-22(25-13-16-7-8-17-5-3-4-6-18(17)11-16)26-14-20-12-21(23)10-9-19(20)15-29(2,27)28/h3-12H,13-15H2,1-2H3,(H2,24,25,26). The Labute approximate surface area is 170 Å². The molecule has 2 N–H and O–H groups in total. The Bertz CT molecular complexity index is 1140. The molecule has 0 aromatic heterocycles. The molecule has 0 saturated carbocycles. The Kier molecular flexibility index (Phi) is 6.49. The first kappa shape index (κ1) is 20.8. The zero-order valence-electron chi connectivity index (χ0n) is 16.4. The highest BCUT2D eigenvalue weighted by atomic mass is 32.2. The second kappa shape index (κ2) is 9.05. The van der Waals surface area contributed by atoms with Gasteiger partial charge in [0.25, 0.3) is 0 Å². The van der Waals surface area contributed by atoms with E-state index in [1.165, 1.54) is 29.0 Å². The van der Waals surface area contributed by atoms with Crippen LogP contribution in [0.15, 0.2) is 65.7 Å². The van der Waals surface area contributed by atoms with Crippen molar-refractivity contribution in [3.63, 3.8) is 0 Å². The molecule has 152 valence electrons. The van der Waals surface area contributed by atoms with Gasteiger partial charge < -0.3 is 10.6 Å². The smallest absolute Gasteiger partial charge is 0.191 e. The molecule has 7 heteroatoms. The number of sulfone groups is 1. The van der Waals surface area contributed by atoms with Gasteiger partial charge in [0.1, 0.15) is 5.82 Å². The van der Waals surface area contributed by atoms with E-state index >= 15 is 0 Å². The first-order valence-electron chi connectivity index (χ1n) is 9.21. The van der Waals surface area contributed by atoms with E-state index in [-0.39, 0.29) is 12.3 Å². The molecule has 3 aromatic rings. The molecule has 0 saturated heterocycles. The molecule has 0 radical (unpaired) electrons. The first-order valence-corrected chi connectivity index (χ1v) is 11.3. The quantitative estimate of drug-likeness (QED) is 0.480. The van der Waals surface area contributed by atoms with Gasteiger partial charge in [0, 0.05) is 26.4 Å². The number of halogens is 1. The number of hydrogen-bond donors (Lipinski definition) is 2. The lowest BCUT2D eigenvalue weighted by Gasteiger charge is -2.14. The number of benzene rings is 3. The zero-order chi connectivity index (χ0) is 20.9. The summed E-state index contributed by atoms with van der Waals surface area (Å²) in [7, 11) is -1.57. The molecule has 0 aliphatic carbocycles. The van der Waals surface area contributed by atoms with Crippen molar-refractivity contribution in [2.45, 2.75) is 18.8 Å². The van der Waals surface area contributed by atoms with Crippen LogP contribution in [-0.2, 0) is 28.7 Å². The predicted octanol–water partition coefficient (Wildman–Crippen LogP) is 3.39. The van der Waals surface area contributed by atoms with Crippen LogP contribution in [0.2, 0.25) is 0 Å². The molecule has 0 amide bonds. The maximum absolute atomic E-state index is 13.7. The van der Waals surface area contributed by atoms with E-state index in [1.54, 1.807) is 7.05 Å². The normalized spacial score (nSPS) is 12.2. The van der Waals surface area contributed by atoms with E-state index < -0.39 is 15.7 Å². The fraction of sp³-hybridized carbons (Fsp3) is 0.227. The third-order valence-corrected chi connectivity index (χ3v) is 5.37. The van der Waals surface area contributed by atoms with Gasteiger partial charge in [-0.25, -0.2) is 12.8 Å². The zero-order valence-corrected chi connectivity index (χ0v) is 17.3. The fourth-order valence-electron chi connectivity index (χ4n) is 3.12. The lowest BCUT2D eigenvalue weighted by atomic mass is 10.1. The molecular weight excluding hydrogens is 389 g/mol. The van der Waals surface area contributed by atoms with Gasteiger partial charge >= 0.3 is 0 Å². The summed E-state index contributed by atoms with van der Waals surface area (Å²) in [6.45, 7) is 0.837. The van der Waals surface area contributed by atoms with Gasteiger partial charge in [0.15, 0.2) is 15.8 Å². The fourth-order valence-corrected chi connectivity index (χ4v) is 3.96. The highest BCUT2D eigenvalue weighted by Crippen LogP contribution is 2.16. The number of hydrogen-bond acceptors (Lipinski definition) is 3. The maximum atomic E-state index is 13.7. The Morgan fingerprint density at radius 1 is 0.931 bits per heavy atom. The Morgan fingerprint density at radius 2 is 1.66 bits per heavy atom. The average Bonchev–Trinajstić information content (AvgIpc) is 2.69. The van der Waals surface area contributed by atoms with E-state index in [9.17, 15) is 12.8 Å². The van der Waals surface area contributed by atoms with Crippen molar-refractivity contribution in [3.05, 3.63) is 83.2 Å². The molecule has 0 bridgehead atoms. The number of nitrogens with zero attached hydrogens (tertiary/aromatic N) is 1. The van der Waals surface area contributed by atoms with E-state index in [2.05, 4.69) is 46.0 Å². The lowest BCUT2D eigenvalue weighted by molar-refractivity contribution is 0.599. The second-order valence-corrected chi connectivity index (χ2v) is 9.08. The van der Waals surface area contributed by atoms with Gasteiger partial charge in [-0.1, -0.05) is 42.5 Å². The second-order valence-electron chi connectivity index (χ2n) is 6.94. The Morgan fingerprint density at radius 3 is 2.38 bits per heavy atom. The van der Waals surface area contributed by atoms with Crippen molar-refractivity contribution < 1.29 is 12.8 Å². The predicted molar refractivity (Wildman–Crippen MR) is 116 cm³/mol. The molecule has 0 fully saturated rings. The van der Waals surface area contributed by atoms with E-state index in [4.69, 9.17) is 0 Å². The number of nitrogens with one attached hydrogen (secondary N) is 2. The van der Waals surface area contributed by atoms with Crippen molar-refractivity contribution in [1.29, 1.82) is 0 Å². The van der Waals surface area contributed by atoms with Gasteiger partial charge in [0.05, 0.1) is 5.75 Å². The number of rotatable bonds is 6. The Hall–Kier alpha value is -2.93. The van der Waals surface area contributed by atoms with Crippen LogP contribution in [0.1, 0.15) is 16.7 Å². The minimum absolute atomic E-state index is 0.132. The number of aliphatic imine (C=N–C) groups is 1. The molecule has 0 unspecified atom stereocenters. The van der Waals surface area contributed by atoms with Crippen molar-refractivity contribution in [3.8, 4) is 0 Å². The summed E-state index contributed by atoms with van der Waals surface area (Å²) in [6.07, 6.45) is 1.16. The molecule has 0 atom stereocenters. The summed E-state index contributed by atoms with van der Waals surface area (Å²) in [5.41, 5.74) is 2.27. The summed E-state index contributed by atoms with van der Waals surface area (Å²) in [5, 5.41) is 8.70. The largest absolute Gasteiger partial charge is 0.352 e. The minimum atomic E-state index is -3.22. The molecule has 0 aliphatic heterocycles. The topological polar surface area (TPSA) is 70.6 Å². The van der Waals surface area contributed by atoms with Gasteiger partial charge in [-0.15, -0.1) is 0 Å². The van der Waals surface area contributed by atoms with Crippen LogP contribution in [0.4, 0.5) is 4.39 Å². The highest BCUT2D eigenvalue weighted by Gasteiger charge is 2.11. The third-order valence-electron chi connectivity index (χ3n) is 4.53. The maximum Gasteiger partial charge on any atom is 0.191 e. The van der Waals surface area contributed by atoms with Crippen molar-refractivity contribution >= 4 is 26.6 Å². The van der Waals surface area contributed by atoms with Gasteiger partial charge in [-0.05, 0) is 45.7 Å². The summed E-state index contributed by atoms with van der Waals surface area (Å²) in [4.78, 5) is 4.19. The highest BCUT2D eigenvalue weighted by molar-refractivity contribution is 7.89. The van der Waals surface area contributed by atoms with Gasteiger partial charge in [0.2, 0.25) is 0 Å². The Balaban J connectivity index is 1.65. The van der Waals surface area contributed by atoms with E-state index in [1.807, 2.05) is 12.1 Å². The van der Waals surface area contributed by atoms with Crippen LogP contribution in [0, 0.1) is 5.82 Å². The molecule has 3 aromatic carbocycles. The van der Waals surface area contributed by atoms with Crippen molar-refractivity contribution in [2.75, 3.05) is 13.3 Å². The lowest BCUT2D eigenvalue weighted by Crippen LogP contribution is -2.36. The summed E-state index contributed by atoms with van der Waals surface area (Å²) in [6, 6.07) is 18.5. The first-order chi connectivity index (χ1) is 13.8. The van der Waals surface area contributed by atoms with Crippen LogP contribution >= 0.6 is 0 Å². The van der Waals surface area contributed by atoms with Crippen LogP contribution in [0.25, 0.3) is 10.8 Å². The molecule has 3 rings (SSSR count). The monoisotopic (exact) mass is 413 g/mol. The average molecular weight is 414 g/mol. The SMILES string of the molecule is CN=C(NCc1ccc2ccccc2c1)NCc1cc(F)ccc1CS(C)(=O)=O. The molecule has 5 nitrogen and oxygen atoms in total. The van der Waals surface area contributed by atoms with Crippen molar-refractivity contribution in [1.82, 2.24) is 10.6 Å². The minimum Gasteiger partial charge on any atom is -0.352 e. The van der Waals surface area contributed by atoms with Crippen LogP contribution in [0.3, 0.4) is 0 Å². The molecule has 0 spiro atoms. The summed E-state index contributed by atoms with van der Waals surface area (Å²) < 4.78 is 36.9. The van der Waals surface area contributed by atoms with E-state index in [0.29, 0.717) is 23.6 Å². The van der Waals surface area contributed by atoms with Crippen LogP contribution in [-0.4, -0.2) is 27.7 Å². The van der Waals surface area contributed by atoms with E-state index in [0.717, 1.165) is 11.8 Å². The van der Waals surface area contributed by atoms with Crippen molar-refractivity contribution in [2.24, 2.45) is 4.99 Å². The number of fused-ring (bicyclic) bond motifs is 1. The third kappa shape index (κ3) is 6.02. The number of guanidine groups is 1. The molecule has 0 aliphatic rings. The summed E-state index contributed by atoms with van der Waals surface area (Å²) in [5.74, 6) is 0.0128. The molecule has 0 heterocycles. The van der Waals surface area contributed by atoms with Crippen LogP contribution < -0.4 is 10.6 Å². The van der Waals surface area contributed by atoms with Crippen LogP contribution in [0.5, 0.6) is 0 Å². The molecule has 29 heavy (non-hydrogen) atoms.